The normalized spacial score (nSPS) is 12.8. The Morgan fingerprint density at radius 2 is 1.77 bits per heavy atom. The molecule has 9 nitrogen and oxygen atoms in total. The Bertz CT molecular complexity index is 1150. The monoisotopic (exact) mass is 420 g/mol. The number of nitrogens with zero attached hydrogens (tertiary/aromatic N) is 2. The first-order chi connectivity index (χ1) is 14.7. The van der Waals surface area contributed by atoms with Crippen molar-refractivity contribution in [2.24, 2.45) is 11.5 Å². The number of amides is 1. The third-order valence-corrected chi connectivity index (χ3v) is 5.14. The first kappa shape index (κ1) is 21.6. The number of carboxylic acid groups (broad SMARTS) is 1. The summed E-state index contributed by atoms with van der Waals surface area (Å²) in [5.41, 5.74) is 13.2. The zero-order valence-corrected chi connectivity index (χ0v) is 16.9. The average Bonchev–Trinajstić information content (AvgIpc) is 3.13. The number of rotatable bonds is 8. The number of carbonyl (C=O) groups excluding carboxylic acids is 1. The lowest BCUT2D eigenvalue weighted by Gasteiger charge is -2.34. The van der Waals surface area contributed by atoms with E-state index in [2.05, 4.69) is 0 Å². The summed E-state index contributed by atoms with van der Waals surface area (Å²) in [5, 5.41) is 26.0. The van der Waals surface area contributed by atoms with E-state index in [-0.39, 0.29) is 18.2 Å². The lowest BCUT2D eigenvalue weighted by Crippen LogP contribution is -2.50. The molecule has 160 valence electrons. The number of amidine groups is 2. The number of aromatic nitrogens is 1. The van der Waals surface area contributed by atoms with Gasteiger partial charge in [0.05, 0.1) is 0 Å². The summed E-state index contributed by atoms with van der Waals surface area (Å²) >= 11 is 0. The lowest BCUT2D eigenvalue weighted by atomic mass is 10.0. The molecule has 2 unspecified atom stereocenters. The van der Waals surface area contributed by atoms with E-state index in [4.69, 9.17) is 22.3 Å². The Morgan fingerprint density at radius 3 is 2.35 bits per heavy atom. The van der Waals surface area contributed by atoms with Crippen molar-refractivity contribution in [3.63, 3.8) is 0 Å². The van der Waals surface area contributed by atoms with Crippen LogP contribution in [0.3, 0.4) is 0 Å². The van der Waals surface area contributed by atoms with Crippen LogP contribution in [0.2, 0.25) is 0 Å². The molecule has 0 spiro atoms. The van der Waals surface area contributed by atoms with E-state index in [1.165, 1.54) is 6.92 Å². The summed E-state index contributed by atoms with van der Waals surface area (Å²) in [7, 11) is 0. The van der Waals surface area contributed by atoms with Crippen LogP contribution in [0.5, 0.6) is 0 Å². The van der Waals surface area contributed by atoms with E-state index in [0.717, 1.165) is 15.8 Å². The third kappa shape index (κ3) is 4.40. The number of benzene rings is 2. The van der Waals surface area contributed by atoms with E-state index in [9.17, 15) is 14.7 Å². The Kier molecular flexibility index (Phi) is 6.05. The number of nitrogen functional groups attached to an aromatic ring is 1. The second-order valence-corrected chi connectivity index (χ2v) is 7.21. The van der Waals surface area contributed by atoms with Gasteiger partial charge in [-0.15, -0.1) is 0 Å². The quantitative estimate of drug-likeness (QED) is 0.277. The highest BCUT2D eigenvalue weighted by Gasteiger charge is 2.35. The van der Waals surface area contributed by atoms with Crippen molar-refractivity contribution in [1.29, 1.82) is 10.8 Å². The maximum absolute atomic E-state index is 13.3. The maximum atomic E-state index is 13.3. The fourth-order valence-electron chi connectivity index (χ4n) is 3.56. The fourth-order valence-corrected chi connectivity index (χ4v) is 3.56. The van der Waals surface area contributed by atoms with Gasteiger partial charge in [0.1, 0.15) is 30.3 Å². The molecule has 0 bridgehead atoms. The molecule has 0 aliphatic carbocycles. The minimum absolute atomic E-state index is 0.0562. The molecule has 31 heavy (non-hydrogen) atoms. The number of nitrogens with two attached hydrogens (primary N) is 2. The van der Waals surface area contributed by atoms with Crippen molar-refractivity contribution in [2.75, 3.05) is 0 Å². The van der Waals surface area contributed by atoms with Crippen LogP contribution in [0, 0.1) is 10.8 Å². The Morgan fingerprint density at radius 1 is 1.10 bits per heavy atom. The highest BCUT2D eigenvalue weighted by molar-refractivity contribution is 5.99. The van der Waals surface area contributed by atoms with Crippen molar-refractivity contribution in [2.45, 2.75) is 25.6 Å². The fraction of sp³-hybridized carbons (Fsp3) is 0.182. The van der Waals surface area contributed by atoms with Gasteiger partial charge in [-0.3, -0.25) is 15.6 Å². The summed E-state index contributed by atoms with van der Waals surface area (Å²) in [6.45, 7) is 1.25. The molecule has 2 atom stereocenters. The van der Waals surface area contributed by atoms with E-state index >= 15 is 0 Å². The molecule has 0 aliphatic heterocycles. The average molecular weight is 420 g/mol. The van der Waals surface area contributed by atoms with Crippen LogP contribution in [0.1, 0.15) is 24.1 Å². The number of nitrogens with one attached hydrogen (secondary N) is 2. The standard InChI is InChI=1S/C22H24N6O3/c1-13(22(30)31)28(19(21(25)26)14-5-3-2-4-6-14)18(29)12-27-10-9-15-11-16(20(23)24)7-8-17(15)27/h2-11,13,19H,12H2,1H3,(H3,23,24)(H3,25,26)(H,30,31). The van der Waals surface area contributed by atoms with Gasteiger partial charge in [0.15, 0.2) is 0 Å². The molecule has 1 amide bonds. The van der Waals surface area contributed by atoms with Gasteiger partial charge in [-0.2, -0.15) is 0 Å². The Labute approximate surface area is 178 Å². The van der Waals surface area contributed by atoms with Crippen LogP contribution in [0.15, 0.2) is 60.8 Å². The van der Waals surface area contributed by atoms with Gasteiger partial charge in [0.2, 0.25) is 5.91 Å². The van der Waals surface area contributed by atoms with Gasteiger partial charge in [-0.05, 0) is 36.8 Å². The van der Waals surface area contributed by atoms with Crippen LogP contribution in [0.4, 0.5) is 0 Å². The van der Waals surface area contributed by atoms with E-state index in [1.54, 1.807) is 65.4 Å². The zero-order valence-electron chi connectivity index (χ0n) is 16.9. The van der Waals surface area contributed by atoms with Crippen LogP contribution < -0.4 is 11.5 Å². The lowest BCUT2D eigenvalue weighted by molar-refractivity contribution is -0.150. The summed E-state index contributed by atoms with van der Waals surface area (Å²) in [6, 6.07) is 13.4. The van der Waals surface area contributed by atoms with E-state index in [1.807, 2.05) is 0 Å². The zero-order chi connectivity index (χ0) is 22.7. The van der Waals surface area contributed by atoms with E-state index in [0.29, 0.717) is 11.1 Å². The number of aliphatic carboxylic acids is 1. The van der Waals surface area contributed by atoms with Gasteiger partial charge >= 0.3 is 5.97 Å². The van der Waals surface area contributed by atoms with Crippen LogP contribution >= 0.6 is 0 Å². The highest BCUT2D eigenvalue weighted by atomic mass is 16.4. The molecule has 2 aromatic carbocycles. The number of carbonyl (C=O) groups is 2. The molecule has 7 N–H and O–H groups in total. The van der Waals surface area contributed by atoms with Crippen LogP contribution in [-0.4, -0.2) is 44.2 Å². The third-order valence-electron chi connectivity index (χ3n) is 5.14. The number of hydrogen-bond donors (Lipinski definition) is 5. The second kappa shape index (κ2) is 8.70. The summed E-state index contributed by atoms with van der Waals surface area (Å²) < 4.78 is 1.69. The first-order valence-electron chi connectivity index (χ1n) is 9.56. The molecule has 0 fully saturated rings. The van der Waals surface area contributed by atoms with Gasteiger partial charge in [0, 0.05) is 22.7 Å². The smallest absolute Gasteiger partial charge is 0.326 e. The second-order valence-electron chi connectivity index (χ2n) is 7.21. The van der Waals surface area contributed by atoms with Crippen LogP contribution in [-0.2, 0) is 16.1 Å². The molecule has 0 aliphatic rings. The largest absolute Gasteiger partial charge is 0.480 e. The van der Waals surface area contributed by atoms with Crippen molar-refractivity contribution in [3.05, 3.63) is 71.9 Å². The SMILES string of the molecule is CC(C(=O)O)N(C(=O)Cn1ccc2cc(C(=N)N)ccc21)C(C(=N)N)c1ccccc1. The molecule has 0 saturated carbocycles. The van der Waals surface area contributed by atoms with Gasteiger partial charge in [-0.25, -0.2) is 4.79 Å². The van der Waals surface area contributed by atoms with Gasteiger partial charge in [0.25, 0.3) is 0 Å². The summed E-state index contributed by atoms with van der Waals surface area (Å²) in [5.74, 6) is -2.07. The van der Waals surface area contributed by atoms with Crippen LogP contribution in [0.25, 0.3) is 10.9 Å². The van der Waals surface area contributed by atoms with Crippen molar-refractivity contribution >= 4 is 34.5 Å². The molecular weight excluding hydrogens is 396 g/mol. The molecule has 1 aromatic heterocycles. The minimum atomic E-state index is -1.20. The molecule has 1 heterocycles. The molecule has 3 aromatic rings. The van der Waals surface area contributed by atoms with Crippen molar-refractivity contribution in [3.8, 4) is 0 Å². The summed E-state index contributed by atoms with van der Waals surface area (Å²) in [6.07, 6.45) is 1.71. The van der Waals surface area contributed by atoms with Gasteiger partial charge < -0.3 is 26.0 Å². The van der Waals surface area contributed by atoms with Crippen molar-refractivity contribution in [1.82, 2.24) is 9.47 Å². The molecule has 0 radical (unpaired) electrons. The predicted molar refractivity (Wildman–Crippen MR) is 118 cm³/mol. The minimum Gasteiger partial charge on any atom is -0.480 e. The number of fused-ring (bicyclic) bond motifs is 1. The Balaban J connectivity index is 1.99. The topological polar surface area (TPSA) is 162 Å². The predicted octanol–water partition coefficient (Wildman–Crippen LogP) is 1.90. The first-order valence-corrected chi connectivity index (χ1v) is 9.56. The number of hydrogen-bond acceptors (Lipinski definition) is 4. The Hall–Kier alpha value is -4.14. The highest BCUT2D eigenvalue weighted by Crippen LogP contribution is 2.25. The molecular formula is C22H24N6O3. The molecule has 0 saturated heterocycles. The number of carboxylic acids is 1. The molecule has 9 heteroatoms. The molecule has 3 rings (SSSR count). The maximum Gasteiger partial charge on any atom is 0.326 e. The van der Waals surface area contributed by atoms with Crippen molar-refractivity contribution < 1.29 is 14.7 Å². The van der Waals surface area contributed by atoms with E-state index < -0.39 is 24.0 Å². The van der Waals surface area contributed by atoms with Gasteiger partial charge in [-0.1, -0.05) is 30.3 Å². The summed E-state index contributed by atoms with van der Waals surface area (Å²) in [4.78, 5) is 26.2.